The van der Waals surface area contributed by atoms with Gasteiger partial charge in [-0.25, -0.2) is 0 Å². The number of hydrogen-bond acceptors (Lipinski definition) is 3. The van der Waals surface area contributed by atoms with Gasteiger partial charge in [-0.2, -0.15) is 0 Å². The molecule has 3 nitrogen and oxygen atoms in total. The lowest BCUT2D eigenvalue weighted by Gasteiger charge is -2.22. The van der Waals surface area contributed by atoms with Gasteiger partial charge in [0.2, 0.25) is 5.91 Å². The van der Waals surface area contributed by atoms with E-state index in [2.05, 4.69) is 5.32 Å². The fraction of sp³-hybridized carbons (Fsp3) is 0.462. The number of aliphatic hydroxyl groups is 1. The Balaban J connectivity index is 2.56. The van der Waals surface area contributed by atoms with Gasteiger partial charge in [0.05, 0.1) is 6.54 Å². The SMILES string of the molecule is CCC=C(C)C(=O)NCC(C)(O)c1cccs1. The number of amides is 1. The molecule has 0 saturated carbocycles. The first-order valence-corrected chi connectivity index (χ1v) is 6.56. The van der Waals surface area contributed by atoms with Crippen molar-refractivity contribution < 1.29 is 9.90 Å². The molecule has 94 valence electrons. The van der Waals surface area contributed by atoms with Crippen molar-refractivity contribution in [1.82, 2.24) is 5.32 Å². The number of nitrogens with one attached hydrogen (secondary N) is 1. The van der Waals surface area contributed by atoms with Crippen LogP contribution in [0.3, 0.4) is 0 Å². The molecule has 17 heavy (non-hydrogen) atoms. The average Bonchev–Trinajstić information content (AvgIpc) is 2.80. The first-order chi connectivity index (χ1) is 7.97. The van der Waals surface area contributed by atoms with Crippen LogP contribution >= 0.6 is 11.3 Å². The molecule has 0 aliphatic carbocycles. The van der Waals surface area contributed by atoms with Crippen LogP contribution in [0.25, 0.3) is 0 Å². The van der Waals surface area contributed by atoms with Gasteiger partial charge in [0.1, 0.15) is 5.60 Å². The van der Waals surface area contributed by atoms with Gasteiger partial charge >= 0.3 is 0 Å². The monoisotopic (exact) mass is 253 g/mol. The second kappa shape index (κ2) is 5.98. The molecule has 1 heterocycles. The molecule has 0 fully saturated rings. The fourth-order valence-electron chi connectivity index (χ4n) is 1.46. The van der Waals surface area contributed by atoms with Crippen molar-refractivity contribution >= 4 is 17.2 Å². The van der Waals surface area contributed by atoms with Crippen molar-refractivity contribution in [3.8, 4) is 0 Å². The van der Waals surface area contributed by atoms with Gasteiger partial charge in [0.15, 0.2) is 0 Å². The van der Waals surface area contributed by atoms with Gasteiger partial charge in [-0.1, -0.05) is 19.1 Å². The van der Waals surface area contributed by atoms with E-state index in [0.717, 1.165) is 11.3 Å². The van der Waals surface area contributed by atoms with Gasteiger partial charge < -0.3 is 10.4 Å². The Labute approximate surface area is 106 Å². The van der Waals surface area contributed by atoms with Gasteiger partial charge in [-0.15, -0.1) is 11.3 Å². The zero-order valence-corrected chi connectivity index (χ0v) is 11.3. The molecule has 1 aromatic heterocycles. The van der Waals surface area contributed by atoms with Crippen molar-refractivity contribution in [2.24, 2.45) is 0 Å². The van der Waals surface area contributed by atoms with Crippen molar-refractivity contribution in [2.75, 3.05) is 6.54 Å². The van der Waals surface area contributed by atoms with E-state index in [-0.39, 0.29) is 12.5 Å². The average molecular weight is 253 g/mol. The lowest BCUT2D eigenvalue weighted by atomic mass is 10.1. The highest BCUT2D eigenvalue weighted by Crippen LogP contribution is 2.24. The predicted octanol–water partition coefficient (Wildman–Crippen LogP) is 2.43. The van der Waals surface area contributed by atoms with E-state index >= 15 is 0 Å². The van der Waals surface area contributed by atoms with E-state index in [1.807, 2.05) is 30.5 Å². The smallest absolute Gasteiger partial charge is 0.246 e. The normalized spacial score (nSPS) is 15.4. The lowest BCUT2D eigenvalue weighted by Crippen LogP contribution is -2.38. The summed E-state index contributed by atoms with van der Waals surface area (Å²) in [5, 5.41) is 14.9. The molecule has 1 atom stereocenters. The van der Waals surface area contributed by atoms with Crippen LogP contribution in [0, 0.1) is 0 Å². The Morgan fingerprint density at radius 1 is 1.65 bits per heavy atom. The summed E-state index contributed by atoms with van der Waals surface area (Å²) in [7, 11) is 0. The Kier molecular flexibility index (Phi) is 4.90. The van der Waals surface area contributed by atoms with Crippen LogP contribution in [0.2, 0.25) is 0 Å². The maximum Gasteiger partial charge on any atom is 0.246 e. The van der Waals surface area contributed by atoms with E-state index in [4.69, 9.17) is 0 Å². The van der Waals surface area contributed by atoms with E-state index in [9.17, 15) is 9.90 Å². The standard InChI is InChI=1S/C13H19NO2S/c1-4-6-10(2)12(15)14-9-13(3,16)11-7-5-8-17-11/h5-8,16H,4,9H2,1-3H3,(H,14,15). The molecular formula is C13H19NO2S. The number of hydrogen-bond donors (Lipinski definition) is 2. The minimum Gasteiger partial charge on any atom is -0.383 e. The molecule has 1 amide bonds. The number of carbonyl (C=O) groups is 1. The Hall–Kier alpha value is -1.13. The third-order valence-electron chi connectivity index (χ3n) is 2.51. The summed E-state index contributed by atoms with van der Waals surface area (Å²) >= 11 is 1.48. The molecule has 2 N–H and O–H groups in total. The fourth-order valence-corrected chi connectivity index (χ4v) is 2.25. The third-order valence-corrected chi connectivity index (χ3v) is 3.64. The van der Waals surface area contributed by atoms with Crippen LogP contribution in [0.5, 0.6) is 0 Å². The summed E-state index contributed by atoms with van der Waals surface area (Å²) in [6.07, 6.45) is 2.70. The lowest BCUT2D eigenvalue weighted by molar-refractivity contribution is -0.118. The topological polar surface area (TPSA) is 49.3 Å². The van der Waals surface area contributed by atoms with Gasteiger partial charge in [0.25, 0.3) is 0 Å². The first-order valence-electron chi connectivity index (χ1n) is 5.68. The Morgan fingerprint density at radius 3 is 2.88 bits per heavy atom. The summed E-state index contributed by atoms with van der Waals surface area (Å²) in [6.45, 7) is 5.69. The summed E-state index contributed by atoms with van der Waals surface area (Å²) in [5.41, 5.74) is -0.314. The Bertz CT molecular complexity index is 394. The summed E-state index contributed by atoms with van der Waals surface area (Å²) in [5.74, 6) is -0.122. The van der Waals surface area contributed by atoms with E-state index in [1.165, 1.54) is 11.3 Å². The quantitative estimate of drug-likeness (QED) is 0.792. The number of carbonyl (C=O) groups excluding carboxylic acids is 1. The van der Waals surface area contributed by atoms with Crippen LogP contribution in [-0.4, -0.2) is 17.6 Å². The van der Waals surface area contributed by atoms with Crippen LogP contribution in [0.1, 0.15) is 32.1 Å². The predicted molar refractivity (Wildman–Crippen MR) is 70.9 cm³/mol. The minimum atomic E-state index is -1.00. The second-order valence-electron chi connectivity index (χ2n) is 4.23. The minimum absolute atomic E-state index is 0.122. The molecule has 0 radical (unpaired) electrons. The first kappa shape index (κ1) is 13.9. The van der Waals surface area contributed by atoms with E-state index in [0.29, 0.717) is 5.57 Å². The summed E-state index contributed by atoms with van der Waals surface area (Å²) < 4.78 is 0. The summed E-state index contributed by atoms with van der Waals surface area (Å²) in [4.78, 5) is 12.5. The number of allylic oxidation sites excluding steroid dienone is 1. The molecule has 1 rings (SSSR count). The molecule has 0 spiro atoms. The van der Waals surface area contributed by atoms with Gasteiger partial charge in [0, 0.05) is 10.5 Å². The Morgan fingerprint density at radius 2 is 2.35 bits per heavy atom. The molecule has 1 unspecified atom stereocenters. The second-order valence-corrected chi connectivity index (χ2v) is 5.18. The van der Waals surface area contributed by atoms with Crippen molar-refractivity contribution in [3.63, 3.8) is 0 Å². The molecule has 0 aliphatic heterocycles. The molecule has 0 bridgehead atoms. The zero-order valence-electron chi connectivity index (χ0n) is 10.5. The number of rotatable bonds is 5. The van der Waals surface area contributed by atoms with E-state index in [1.54, 1.807) is 13.8 Å². The van der Waals surface area contributed by atoms with Gasteiger partial charge in [-0.3, -0.25) is 4.79 Å². The van der Waals surface area contributed by atoms with Crippen LogP contribution in [0.4, 0.5) is 0 Å². The van der Waals surface area contributed by atoms with Crippen molar-refractivity contribution in [1.29, 1.82) is 0 Å². The molecule has 0 saturated heterocycles. The highest BCUT2D eigenvalue weighted by Gasteiger charge is 2.24. The van der Waals surface area contributed by atoms with E-state index < -0.39 is 5.60 Å². The highest BCUT2D eigenvalue weighted by molar-refractivity contribution is 7.10. The zero-order chi connectivity index (χ0) is 12.9. The third kappa shape index (κ3) is 3.98. The van der Waals surface area contributed by atoms with Crippen LogP contribution in [0.15, 0.2) is 29.2 Å². The molecule has 4 heteroatoms. The highest BCUT2D eigenvalue weighted by atomic mass is 32.1. The molecule has 0 aliphatic rings. The van der Waals surface area contributed by atoms with Crippen LogP contribution in [-0.2, 0) is 10.4 Å². The largest absolute Gasteiger partial charge is 0.383 e. The number of thiophene rings is 1. The van der Waals surface area contributed by atoms with Crippen molar-refractivity contribution in [2.45, 2.75) is 32.8 Å². The van der Waals surface area contributed by atoms with Crippen LogP contribution < -0.4 is 5.32 Å². The molecule has 1 aromatic rings. The summed E-state index contributed by atoms with van der Waals surface area (Å²) in [6, 6.07) is 3.75. The maximum absolute atomic E-state index is 11.7. The maximum atomic E-state index is 11.7. The molecule has 0 aromatic carbocycles. The van der Waals surface area contributed by atoms with Crippen molar-refractivity contribution in [3.05, 3.63) is 34.0 Å². The molecular weight excluding hydrogens is 234 g/mol. The van der Waals surface area contributed by atoms with Gasteiger partial charge in [-0.05, 0) is 31.7 Å².